The van der Waals surface area contributed by atoms with Crippen LogP contribution < -0.4 is 5.32 Å². The quantitative estimate of drug-likeness (QED) is 0.796. The maximum absolute atomic E-state index is 12.2. The number of carbonyl (C=O) groups excluding carboxylic acids is 1. The highest BCUT2D eigenvalue weighted by Crippen LogP contribution is 2.20. The molecule has 1 aliphatic rings. The first-order chi connectivity index (χ1) is 12.0. The topological polar surface area (TPSA) is 45.5 Å². The van der Waals surface area contributed by atoms with Crippen LogP contribution in [-0.4, -0.2) is 23.9 Å². The number of rotatable bonds is 5. The highest BCUT2D eigenvalue weighted by atomic mass is 79.9. The minimum Gasteiger partial charge on any atom is -0.444 e. The maximum Gasteiger partial charge on any atom is 0.287 e. The summed E-state index contributed by atoms with van der Waals surface area (Å²) in [6, 6.07) is 10.3. The van der Waals surface area contributed by atoms with Crippen molar-refractivity contribution in [3.8, 4) is 0 Å². The summed E-state index contributed by atoms with van der Waals surface area (Å²) < 4.78 is 5.95. The van der Waals surface area contributed by atoms with Gasteiger partial charge in [-0.2, -0.15) is 0 Å². The summed E-state index contributed by atoms with van der Waals surface area (Å²) in [5.41, 5.74) is 3.25. The van der Waals surface area contributed by atoms with E-state index in [1.54, 1.807) is 6.07 Å². The number of halogens is 1. The smallest absolute Gasteiger partial charge is 0.287 e. The third kappa shape index (κ3) is 4.95. The van der Waals surface area contributed by atoms with E-state index in [1.165, 1.54) is 31.5 Å². The lowest BCUT2D eigenvalue weighted by Crippen LogP contribution is -2.33. The lowest BCUT2D eigenvalue weighted by molar-refractivity contribution is 0.0921. The Morgan fingerprint density at radius 3 is 2.68 bits per heavy atom. The van der Waals surface area contributed by atoms with E-state index in [2.05, 4.69) is 57.3 Å². The first-order valence-corrected chi connectivity index (χ1v) is 9.65. The van der Waals surface area contributed by atoms with Crippen LogP contribution in [0.25, 0.3) is 0 Å². The van der Waals surface area contributed by atoms with E-state index in [0.29, 0.717) is 17.0 Å². The fourth-order valence-electron chi connectivity index (χ4n) is 3.38. The van der Waals surface area contributed by atoms with Gasteiger partial charge in [0.05, 0.1) is 0 Å². The number of nitrogens with one attached hydrogen (secondary N) is 1. The molecule has 1 aromatic heterocycles. The van der Waals surface area contributed by atoms with E-state index >= 15 is 0 Å². The van der Waals surface area contributed by atoms with Crippen molar-refractivity contribution in [2.75, 3.05) is 13.1 Å². The Balaban J connectivity index is 1.52. The van der Waals surface area contributed by atoms with Crippen LogP contribution in [0.3, 0.4) is 0 Å². The molecule has 0 aliphatic carbocycles. The van der Waals surface area contributed by atoms with Crippen molar-refractivity contribution in [3.05, 3.63) is 57.5 Å². The van der Waals surface area contributed by atoms with E-state index in [9.17, 15) is 4.79 Å². The number of hydrogen-bond donors (Lipinski definition) is 1. The van der Waals surface area contributed by atoms with Gasteiger partial charge in [-0.3, -0.25) is 9.69 Å². The van der Waals surface area contributed by atoms with Crippen LogP contribution in [-0.2, 0) is 13.1 Å². The number of likely N-dealkylation sites (tertiary alicyclic amines) is 1. The molecule has 0 bridgehead atoms. The molecule has 134 valence electrons. The van der Waals surface area contributed by atoms with Gasteiger partial charge in [-0.05, 0) is 65.4 Å². The fraction of sp³-hybridized carbons (Fsp3) is 0.450. The number of carbonyl (C=O) groups is 1. The molecule has 1 unspecified atom stereocenters. The first-order valence-electron chi connectivity index (χ1n) is 8.85. The van der Waals surface area contributed by atoms with Crippen molar-refractivity contribution >= 4 is 21.8 Å². The summed E-state index contributed by atoms with van der Waals surface area (Å²) in [4.78, 5) is 14.7. The summed E-state index contributed by atoms with van der Waals surface area (Å²) in [5.74, 6) is 0.977. The third-order valence-corrected chi connectivity index (χ3v) is 5.11. The number of furan rings is 1. The van der Waals surface area contributed by atoms with Crippen LogP contribution >= 0.6 is 15.9 Å². The molecule has 1 atom stereocenters. The van der Waals surface area contributed by atoms with Gasteiger partial charge in [0.25, 0.3) is 5.91 Å². The van der Waals surface area contributed by atoms with Gasteiger partial charge in [-0.25, -0.2) is 0 Å². The molecule has 0 radical (unpaired) electrons. The molecular weight excluding hydrogens is 380 g/mol. The van der Waals surface area contributed by atoms with Crippen LogP contribution in [0, 0.1) is 12.8 Å². The minimum atomic E-state index is -0.186. The lowest BCUT2D eigenvalue weighted by Gasteiger charge is -2.30. The van der Waals surface area contributed by atoms with Crippen molar-refractivity contribution < 1.29 is 9.21 Å². The van der Waals surface area contributed by atoms with Crippen LogP contribution in [0.1, 0.15) is 47.0 Å². The van der Waals surface area contributed by atoms with Gasteiger partial charge < -0.3 is 9.73 Å². The van der Waals surface area contributed by atoms with E-state index < -0.39 is 0 Å². The van der Waals surface area contributed by atoms with Crippen molar-refractivity contribution in [2.45, 2.75) is 39.8 Å². The first kappa shape index (κ1) is 18.2. The molecule has 0 spiro atoms. The molecule has 1 N–H and O–H groups in total. The second-order valence-corrected chi connectivity index (χ2v) is 7.83. The summed E-state index contributed by atoms with van der Waals surface area (Å²) in [6.45, 7) is 8.08. The number of hydrogen-bond acceptors (Lipinski definition) is 3. The largest absolute Gasteiger partial charge is 0.444 e. The summed E-state index contributed by atoms with van der Waals surface area (Å²) >= 11 is 3.25. The summed E-state index contributed by atoms with van der Waals surface area (Å²) in [5, 5.41) is 2.91. The van der Waals surface area contributed by atoms with Crippen LogP contribution in [0.2, 0.25) is 0 Å². The van der Waals surface area contributed by atoms with Gasteiger partial charge >= 0.3 is 0 Å². The van der Waals surface area contributed by atoms with Gasteiger partial charge in [-0.1, -0.05) is 31.2 Å². The average molecular weight is 405 g/mol. The number of aryl methyl sites for hydroxylation is 1. The highest BCUT2D eigenvalue weighted by Gasteiger charge is 2.16. The van der Waals surface area contributed by atoms with Gasteiger partial charge in [0.15, 0.2) is 10.4 Å². The molecule has 1 amide bonds. The minimum absolute atomic E-state index is 0.186. The molecule has 1 aliphatic heterocycles. The zero-order valence-corrected chi connectivity index (χ0v) is 16.4. The zero-order chi connectivity index (χ0) is 17.8. The predicted molar refractivity (Wildman–Crippen MR) is 102 cm³/mol. The average Bonchev–Trinajstić information content (AvgIpc) is 2.92. The molecule has 1 fully saturated rings. The molecule has 25 heavy (non-hydrogen) atoms. The van der Waals surface area contributed by atoms with Gasteiger partial charge in [0.2, 0.25) is 0 Å². The highest BCUT2D eigenvalue weighted by molar-refractivity contribution is 9.10. The SMILES string of the molecule is Cc1cc(Br)oc1C(=O)NCc1ccc(CN2CCCC(C)C2)cc1. The van der Waals surface area contributed by atoms with Crippen molar-refractivity contribution in [1.82, 2.24) is 10.2 Å². The van der Waals surface area contributed by atoms with Crippen LogP contribution in [0.15, 0.2) is 39.4 Å². The van der Waals surface area contributed by atoms with Gasteiger partial charge in [0, 0.05) is 25.2 Å². The second kappa shape index (κ2) is 8.19. The number of amides is 1. The van der Waals surface area contributed by atoms with Crippen molar-refractivity contribution in [1.29, 1.82) is 0 Å². The second-order valence-electron chi connectivity index (χ2n) is 7.04. The Morgan fingerprint density at radius 2 is 2.04 bits per heavy atom. The number of nitrogens with zero attached hydrogens (tertiary/aromatic N) is 1. The van der Waals surface area contributed by atoms with E-state index in [1.807, 2.05) is 6.92 Å². The predicted octanol–water partition coefficient (Wildman–Crippen LogP) is 4.51. The van der Waals surface area contributed by atoms with E-state index in [-0.39, 0.29) is 5.91 Å². The van der Waals surface area contributed by atoms with Crippen LogP contribution in [0.4, 0.5) is 0 Å². The Hall–Kier alpha value is -1.59. The normalized spacial score (nSPS) is 18.3. The van der Waals surface area contributed by atoms with Crippen molar-refractivity contribution in [2.24, 2.45) is 5.92 Å². The van der Waals surface area contributed by atoms with E-state index in [0.717, 1.165) is 23.6 Å². The van der Waals surface area contributed by atoms with Crippen LogP contribution in [0.5, 0.6) is 0 Å². The Labute approximate surface area is 157 Å². The number of benzene rings is 1. The van der Waals surface area contributed by atoms with Gasteiger partial charge in [-0.15, -0.1) is 0 Å². The summed E-state index contributed by atoms with van der Waals surface area (Å²) in [6.07, 6.45) is 2.65. The van der Waals surface area contributed by atoms with Crippen molar-refractivity contribution in [3.63, 3.8) is 0 Å². The monoisotopic (exact) mass is 404 g/mol. The molecule has 1 aromatic carbocycles. The molecule has 4 nitrogen and oxygen atoms in total. The Kier molecular flexibility index (Phi) is 5.97. The van der Waals surface area contributed by atoms with Gasteiger partial charge in [0.1, 0.15) is 0 Å². The standard InChI is InChI=1S/C20H25BrN2O2/c1-14-4-3-9-23(12-14)13-17-7-5-16(6-8-17)11-22-20(24)19-15(2)10-18(21)25-19/h5-8,10,14H,3-4,9,11-13H2,1-2H3,(H,22,24). The molecule has 1 saturated heterocycles. The molecule has 3 rings (SSSR count). The van der Waals surface area contributed by atoms with E-state index in [4.69, 9.17) is 4.42 Å². The summed E-state index contributed by atoms with van der Waals surface area (Å²) in [7, 11) is 0. The zero-order valence-electron chi connectivity index (χ0n) is 14.8. The Bertz CT molecular complexity index is 724. The number of piperidine rings is 1. The molecule has 5 heteroatoms. The third-order valence-electron chi connectivity index (χ3n) is 4.72. The maximum atomic E-state index is 12.2. The molecule has 0 saturated carbocycles. The lowest BCUT2D eigenvalue weighted by atomic mass is 9.99. The molecular formula is C20H25BrN2O2. The molecule has 2 heterocycles. The fourth-order valence-corrected chi connectivity index (χ4v) is 3.89. The molecule has 2 aromatic rings. The Morgan fingerprint density at radius 1 is 1.32 bits per heavy atom.